The number of alkyl halides is 1. The first-order valence-corrected chi connectivity index (χ1v) is 30.2. The van der Waals surface area contributed by atoms with Gasteiger partial charge in [0.15, 0.2) is 5.67 Å². The maximum Gasteiger partial charge on any atom is 0.258 e. The van der Waals surface area contributed by atoms with Crippen LogP contribution in [0.1, 0.15) is 95.4 Å². The monoisotopic (exact) mass is 1200 g/mol. The molecule has 22 heteroatoms. The number of ether oxygens (including phenoxy) is 7. The summed E-state index contributed by atoms with van der Waals surface area (Å²) in [5.74, 6) is -0.912. The number of nitrogens with zero attached hydrogens (tertiary/aromatic N) is 3. The summed E-state index contributed by atoms with van der Waals surface area (Å²) in [5.41, 5.74) is 3.95. The lowest BCUT2D eigenvalue weighted by Gasteiger charge is -2.35. The highest BCUT2D eigenvalue weighted by Crippen LogP contribution is 2.42. The van der Waals surface area contributed by atoms with Crippen LogP contribution < -0.4 is 25.4 Å². The number of aromatic nitrogens is 2. The summed E-state index contributed by atoms with van der Waals surface area (Å²) in [6, 6.07) is 15.5. The zero-order valence-corrected chi connectivity index (χ0v) is 50.1. The van der Waals surface area contributed by atoms with Crippen molar-refractivity contribution in [1.82, 2.24) is 25.5 Å². The smallest absolute Gasteiger partial charge is 0.258 e. The van der Waals surface area contributed by atoms with Crippen LogP contribution in [-0.4, -0.2) is 153 Å². The fraction of sp³-hybridized carbons (Fsp3) is 0.548. The number of pyridine rings is 1. The molecular formula is C62H79ClF2N6O12S. The molecular weight excluding hydrogens is 1130 g/mol. The van der Waals surface area contributed by atoms with Crippen LogP contribution in [0.5, 0.6) is 11.5 Å². The average Bonchev–Trinajstić information content (AvgIpc) is 2.24. The number of anilines is 1. The van der Waals surface area contributed by atoms with Gasteiger partial charge in [-0.3, -0.25) is 24.2 Å². The molecule has 0 spiro atoms. The van der Waals surface area contributed by atoms with E-state index in [1.165, 1.54) is 22.3 Å². The van der Waals surface area contributed by atoms with Gasteiger partial charge >= 0.3 is 0 Å². The summed E-state index contributed by atoms with van der Waals surface area (Å²) in [7, 11) is 0. The lowest BCUT2D eigenvalue weighted by Crippen LogP contribution is -2.59. The van der Waals surface area contributed by atoms with Gasteiger partial charge in [-0.2, -0.15) is 0 Å². The number of aliphatic hydroxyl groups is 1. The maximum absolute atomic E-state index is 14.6. The number of amides is 4. The highest BCUT2D eigenvalue weighted by atomic mass is 35.5. The maximum atomic E-state index is 14.6. The molecule has 2 aliphatic carbocycles. The molecule has 2 saturated carbocycles. The predicted octanol–water partition coefficient (Wildman–Crippen LogP) is 9.16. The minimum atomic E-state index is -1.98. The van der Waals surface area contributed by atoms with Gasteiger partial charge in [0.25, 0.3) is 5.91 Å². The lowest BCUT2D eigenvalue weighted by atomic mass is 9.73. The zero-order chi connectivity index (χ0) is 59.8. The molecule has 0 radical (unpaired) electrons. The minimum absolute atomic E-state index is 0.00734. The van der Waals surface area contributed by atoms with Crippen molar-refractivity contribution in [3.05, 3.63) is 100 Å². The third kappa shape index (κ3) is 17.8. The van der Waals surface area contributed by atoms with E-state index in [9.17, 15) is 33.1 Å². The molecule has 3 fully saturated rings. The summed E-state index contributed by atoms with van der Waals surface area (Å²) in [5, 5.41) is 20.5. The quantitative estimate of drug-likeness (QED) is 0.0304. The summed E-state index contributed by atoms with van der Waals surface area (Å²) in [6.45, 7) is 13.1. The van der Waals surface area contributed by atoms with Gasteiger partial charge < -0.3 is 59.1 Å². The number of nitrogens with one attached hydrogen (secondary N) is 3. The molecule has 3 heterocycles. The first kappa shape index (κ1) is 64.1. The highest BCUT2D eigenvalue weighted by Gasteiger charge is 2.53. The van der Waals surface area contributed by atoms with E-state index in [1.54, 1.807) is 62.8 Å². The normalized spacial score (nSPS) is 19.2. The molecule has 84 heavy (non-hydrogen) atoms. The number of halogens is 3. The Morgan fingerprint density at radius 2 is 1.44 bits per heavy atom. The molecule has 3 aliphatic rings. The second kappa shape index (κ2) is 30.4. The van der Waals surface area contributed by atoms with Crippen LogP contribution in [0.25, 0.3) is 21.3 Å². The van der Waals surface area contributed by atoms with Crippen molar-refractivity contribution in [3.63, 3.8) is 0 Å². The van der Waals surface area contributed by atoms with Gasteiger partial charge in [0.1, 0.15) is 42.6 Å². The fourth-order valence-corrected chi connectivity index (χ4v) is 11.5. The van der Waals surface area contributed by atoms with Gasteiger partial charge in [-0.05, 0) is 116 Å². The number of aryl methyl sites for hydroxylation is 1. The summed E-state index contributed by atoms with van der Waals surface area (Å²) >= 11 is 7.93. The lowest BCUT2D eigenvalue weighted by molar-refractivity contribution is -0.145. The Morgan fingerprint density at radius 3 is 2.05 bits per heavy atom. The molecule has 2 aromatic heterocycles. The summed E-state index contributed by atoms with van der Waals surface area (Å²) in [4.78, 5) is 64.8. The second-order valence-electron chi connectivity index (χ2n) is 22.8. The summed E-state index contributed by atoms with van der Waals surface area (Å²) in [6.07, 6.45) is 4.67. The van der Waals surface area contributed by atoms with Gasteiger partial charge in [-0.15, -0.1) is 11.3 Å². The van der Waals surface area contributed by atoms with E-state index in [2.05, 4.69) is 25.9 Å². The molecule has 3 aromatic carbocycles. The molecule has 8 rings (SSSR count). The number of likely N-dealkylation sites (tertiary alicyclic amines) is 1. The van der Waals surface area contributed by atoms with Crippen molar-refractivity contribution in [2.24, 2.45) is 17.3 Å². The van der Waals surface area contributed by atoms with Gasteiger partial charge in [0, 0.05) is 54.3 Å². The number of fused-ring (bicyclic) bond motifs is 1. The molecule has 456 valence electrons. The Balaban J connectivity index is 0.653. The number of thiazole rings is 1. The molecule has 4 amide bonds. The van der Waals surface area contributed by atoms with Crippen LogP contribution in [0, 0.1) is 30.0 Å². The largest absolute Gasteiger partial charge is 0.491 e. The Bertz CT molecular complexity index is 3010. The van der Waals surface area contributed by atoms with Crippen LogP contribution in [0.15, 0.2) is 72.4 Å². The standard InChI is InChI=1S/C62H79ClF2N6O12S/c1-39(41-6-8-42(9-7-41)48-16-19-66-51-15-12-45(64)33-49(48)51)57(73)69-46-13-14-50(63)54(34-46)83-31-29-81-27-25-79-23-21-77-20-22-78-24-26-80-28-30-82-53-32-43(55-40(2)68-38-84-55)10-11-44(53)36-67-58(74)52-35-47(72)37-71(52)59(75)56(61(3,4)5)70-60(76)62(65)17-18-62/h10-16,19,32-34,38-39,41-42,47,52,56,72H,6-9,17-18,20-31,35-37H2,1-5H3,(H,67,74)(H,69,73)(H,70,76)/t39-,41?,42?,47-,52+,56-/m1/s1. The highest BCUT2D eigenvalue weighted by molar-refractivity contribution is 7.13. The van der Waals surface area contributed by atoms with Crippen molar-refractivity contribution in [2.75, 3.05) is 91.1 Å². The van der Waals surface area contributed by atoms with E-state index in [0.717, 1.165) is 58.3 Å². The van der Waals surface area contributed by atoms with Crippen molar-refractivity contribution >= 4 is 63.2 Å². The van der Waals surface area contributed by atoms with Crippen LogP contribution in [0.4, 0.5) is 14.5 Å². The Kier molecular flexibility index (Phi) is 23.2. The van der Waals surface area contributed by atoms with Crippen molar-refractivity contribution < 1.29 is 66.2 Å². The van der Waals surface area contributed by atoms with E-state index in [4.69, 9.17) is 44.8 Å². The number of aliphatic hydroxyl groups excluding tert-OH is 1. The molecule has 4 atom stereocenters. The van der Waals surface area contributed by atoms with E-state index in [1.807, 2.05) is 38.1 Å². The number of carbonyl (C=O) groups is 4. The van der Waals surface area contributed by atoms with E-state index >= 15 is 0 Å². The zero-order valence-electron chi connectivity index (χ0n) is 48.6. The third-order valence-electron chi connectivity index (χ3n) is 15.6. The molecule has 5 aromatic rings. The van der Waals surface area contributed by atoms with E-state index in [-0.39, 0.29) is 75.7 Å². The number of rotatable bonds is 31. The van der Waals surface area contributed by atoms with Crippen molar-refractivity contribution in [1.29, 1.82) is 0 Å². The Hall–Kier alpha value is -5.91. The number of β-amino-alcohol motifs (C(OH)–C–C–N with tert-alkyl or cyclic N) is 1. The molecule has 0 unspecified atom stereocenters. The molecule has 1 aliphatic heterocycles. The van der Waals surface area contributed by atoms with Crippen LogP contribution in [0.3, 0.4) is 0 Å². The number of benzene rings is 3. The molecule has 0 bridgehead atoms. The number of hydrogen-bond acceptors (Lipinski definition) is 15. The van der Waals surface area contributed by atoms with Crippen LogP contribution in [0.2, 0.25) is 5.02 Å². The van der Waals surface area contributed by atoms with Gasteiger partial charge in [0.2, 0.25) is 17.7 Å². The van der Waals surface area contributed by atoms with Crippen LogP contribution >= 0.6 is 22.9 Å². The number of carbonyl (C=O) groups excluding carboxylic acids is 4. The average molecular weight is 1210 g/mol. The Morgan fingerprint density at radius 1 is 0.810 bits per heavy atom. The van der Waals surface area contributed by atoms with Gasteiger partial charge in [-0.25, -0.2) is 13.8 Å². The minimum Gasteiger partial charge on any atom is -0.491 e. The Labute approximate surface area is 498 Å². The number of hydrogen-bond donors (Lipinski definition) is 4. The van der Waals surface area contributed by atoms with Crippen molar-refractivity contribution in [3.8, 4) is 21.9 Å². The molecule has 4 N–H and O–H groups in total. The fourth-order valence-electron chi connectivity index (χ4n) is 10.6. The first-order valence-electron chi connectivity index (χ1n) is 29.0. The first-order chi connectivity index (χ1) is 40.4. The topological polar surface area (TPSA) is 218 Å². The molecule has 18 nitrogen and oxygen atoms in total. The summed E-state index contributed by atoms with van der Waals surface area (Å²) < 4.78 is 69.2. The van der Waals surface area contributed by atoms with E-state index in [0.29, 0.717) is 93.2 Å². The SMILES string of the molecule is Cc1ncsc1-c1ccc(CNC(=O)[C@@H]2C[C@@H](O)CN2C(=O)[C@@H](NC(=O)C2(F)CC2)C(C)(C)C)c(OCCOCCOCCOCCOCCOCCOc2cc(NC(=O)[C@H](C)C3CCC(c4ccnc5ccc(F)cc45)CC3)ccc2Cl)c1. The van der Waals surface area contributed by atoms with Crippen molar-refractivity contribution in [2.45, 2.75) is 116 Å². The van der Waals surface area contributed by atoms with Gasteiger partial charge in [0.05, 0.1) is 98.8 Å². The van der Waals surface area contributed by atoms with E-state index < -0.39 is 47.0 Å². The van der Waals surface area contributed by atoms with Crippen LogP contribution in [-0.2, 0) is 49.4 Å². The predicted molar refractivity (Wildman–Crippen MR) is 315 cm³/mol. The molecule has 1 saturated heterocycles. The third-order valence-corrected chi connectivity index (χ3v) is 16.9. The van der Waals surface area contributed by atoms with Gasteiger partial charge in [-0.1, -0.05) is 51.4 Å². The second-order valence-corrected chi connectivity index (χ2v) is 24.1.